The van der Waals surface area contributed by atoms with Gasteiger partial charge in [0.25, 0.3) is 5.88 Å². The average Bonchev–Trinajstić information content (AvgIpc) is 2.38. The van der Waals surface area contributed by atoms with Gasteiger partial charge in [-0.15, -0.1) is 0 Å². The van der Waals surface area contributed by atoms with Crippen molar-refractivity contribution < 1.29 is 9.84 Å². The van der Waals surface area contributed by atoms with Gasteiger partial charge in [0.1, 0.15) is 5.75 Å². The third kappa shape index (κ3) is 4.16. The molecule has 1 aromatic rings. The van der Waals surface area contributed by atoms with Crippen LogP contribution in [0, 0.1) is 5.39 Å². The van der Waals surface area contributed by atoms with E-state index in [0.717, 1.165) is 17.5 Å². The van der Waals surface area contributed by atoms with Crippen molar-refractivity contribution in [3.63, 3.8) is 0 Å². The van der Waals surface area contributed by atoms with E-state index in [2.05, 4.69) is 4.98 Å². The second-order valence-electron chi connectivity index (χ2n) is 5.49. The minimum atomic E-state index is -0.284. The molecule has 1 rings (SSSR count). The van der Waals surface area contributed by atoms with Crippen LogP contribution in [0.1, 0.15) is 26.3 Å². The highest BCUT2D eigenvalue weighted by molar-refractivity contribution is 5.33. The zero-order valence-corrected chi connectivity index (χ0v) is 12.5. The van der Waals surface area contributed by atoms with E-state index in [1.807, 2.05) is 45.0 Å². The Morgan fingerprint density at radius 3 is 2.60 bits per heavy atom. The molecule has 0 saturated carbocycles. The molecule has 0 atom stereocenters. The van der Waals surface area contributed by atoms with Gasteiger partial charge in [-0.3, -0.25) is 0 Å². The van der Waals surface area contributed by atoms with Crippen molar-refractivity contribution in [3.05, 3.63) is 46.9 Å². The lowest BCUT2D eigenvalue weighted by atomic mass is 10.0. The van der Waals surface area contributed by atoms with Crippen LogP contribution in [0.3, 0.4) is 0 Å². The normalized spacial score (nSPS) is 11.8. The number of rotatable bonds is 5. The van der Waals surface area contributed by atoms with Crippen LogP contribution in [0.5, 0.6) is 5.75 Å². The Morgan fingerprint density at radius 1 is 1.40 bits per heavy atom. The van der Waals surface area contributed by atoms with Gasteiger partial charge in [-0.05, 0) is 38.8 Å². The van der Waals surface area contributed by atoms with Gasteiger partial charge in [-0.2, -0.15) is 0 Å². The lowest BCUT2D eigenvalue weighted by Gasteiger charge is -2.35. The fraction of sp³-hybridized carbons (Fsp3) is 0.467. The summed E-state index contributed by atoms with van der Waals surface area (Å²) in [6.07, 6.45) is 1.75. The van der Waals surface area contributed by atoms with Crippen molar-refractivity contribution in [2.24, 2.45) is 0 Å². The molecule has 1 N–H and O–H groups in total. The van der Waals surface area contributed by atoms with Crippen molar-refractivity contribution in [3.8, 4) is 5.75 Å². The molecule has 0 aliphatic carbocycles. The maximum atomic E-state index is 9.95. The maximum absolute atomic E-state index is 9.95. The fourth-order valence-corrected chi connectivity index (χ4v) is 2.06. The molecule has 0 unspecified atom stereocenters. The van der Waals surface area contributed by atoms with Gasteiger partial charge in [0, 0.05) is 12.1 Å². The third-order valence-electron chi connectivity index (χ3n) is 3.06. The molecule has 108 valence electrons. The van der Waals surface area contributed by atoms with Crippen LogP contribution in [0.25, 0.3) is 4.98 Å². The summed E-state index contributed by atoms with van der Waals surface area (Å²) in [6, 6.07) is 7.79. The summed E-state index contributed by atoms with van der Waals surface area (Å²) < 4.78 is 5.32. The maximum Gasteiger partial charge on any atom is 0.409 e. The van der Waals surface area contributed by atoms with Crippen LogP contribution >= 0.6 is 0 Å². The van der Waals surface area contributed by atoms with Crippen molar-refractivity contribution in [2.45, 2.75) is 32.7 Å². The molecule has 20 heavy (non-hydrogen) atoms. The molecule has 0 radical (unpaired) electrons. The number of hydrogen-bond acceptors (Lipinski definition) is 4. The molecular formula is C15H22N3O2+. The summed E-state index contributed by atoms with van der Waals surface area (Å²) in [7, 11) is 1.64. The number of aliphatic hydroxyl groups is 1. The fourth-order valence-electron chi connectivity index (χ4n) is 2.06. The number of hydrogen-bond donors (Lipinski definition) is 1. The van der Waals surface area contributed by atoms with Crippen molar-refractivity contribution >= 4 is 0 Å². The number of aliphatic hydroxyl groups excluding tert-OH is 1. The van der Waals surface area contributed by atoms with Crippen molar-refractivity contribution in [2.75, 3.05) is 13.7 Å². The molecule has 5 heteroatoms. The van der Waals surface area contributed by atoms with Crippen LogP contribution in [0.4, 0.5) is 0 Å². The zero-order chi connectivity index (χ0) is 15.2. The summed E-state index contributed by atoms with van der Waals surface area (Å²) >= 11 is 0. The summed E-state index contributed by atoms with van der Waals surface area (Å²) in [4.78, 5) is 4.66. The molecule has 0 aromatic heterocycles. The first-order chi connectivity index (χ1) is 9.40. The summed E-state index contributed by atoms with van der Waals surface area (Å²) in [5.74, 6) is 0.770. The van der Waals surface area contributed by atoms with E-state index in [1.54, 1.807) is 12.0 Å². The van der Waals surface area contributed by atoms with E-state index in [-0.39, 0.29) is 11.4 Å². The Morgan fingerprint density at radius 2 is 2.05 bits per heavy atom. The Hall–Kier alpha value is -2.22. The molecular weight excluding hydrogens is 254 g/mol. The van der Waals surface area contributed by atoms with Gasteiger partial charge in [-0.1, -0.05) is 18.2 Å². The third-order valence-corrected chi connectivity index (χ3v) is 3.06. The zero-order valence-electron chi connectivity index (χ0n) is 12.5. The van der Waals surface area contributed by atoms with Crippen LogP contribution in [-0.4, -0.2) is 29.2 Å². The molecule has 0 fully saturated rings. The van der Waals surface area contributed by atoms with Crippen LogP contribution in [-0.2, 0) is 6.42 Å². The molecule has 1 aromatic carbocycles. The summed E-state index contributed by atoms with van der Waals surface area (Å²) in [5.41, 5.74) is 0.783. The lowest BCUT2D eigenvalue weighted by molar-refractivity contribution is 0.108. The topological polar surface area (TPSA) is 60.9 Å². The number of methoxy groups -OCH3 is 1. The monoisotopic (exact) mass is 276 g/mol. The van der Waals surface area contributed by atoms with Crippen molar-refractivity contribution in [1.29, 1.82) is 5.39 Å². The minimum absolute atomic E-state index is 0.0603. The van der Waals surface area contributed by atoms with Gasteiger partial charge in [0.15, 0.2) is 4.98 Å². The van der Waals surface area contributed by atoms with E-state index in [0.29, 0.717) is 13.0 Å². The molecule has 0 aliphatic heterocycles. The van der Waals surface area contributed by atoms with Crippen LogP contribution in [0.2, 0.25) is 0 Å². The molecule has 0 bridgehead atoms. The molecule has 0 heterocycles. The largest absolute Gasteiger partial charge is 0.496 e. The lowest BCUT2D eigenvalue weighted by Crippen LogP contribution is -2.41. The molecule has 0 saturated heterocycles. The number of ether oxygens (including phenoxy) is 1. The van der Waals surface area contributed by atoms with E-state index < -0.39 is 0 Å². The van der Waals surface area contributed by atoms with Gasteiger partial charge >= 0.3 is 6.20 Å². The minimum Gasteiger partial charge on any atom is -0.496 e. The van der Waals surface area contributed by atoms with E-state index >= 15 is 0 Å². The Bertz CT molecular complexity index is 513. The number of para-hydroxylation sites is 1. The highest BCUT2D eigenvalue weighted by Gasteiger charge is 2.25. The van der Waals surface area contributed by atoms with Crippen LogP contribution in [0.15, 0.2) is 36.3 Å². The van der Waals surface area contributed by atoms with Crippen molar-refractivity contribution in [1.82, 2.24) is 4.90 Å². The number of nitrogens with zero attached hydrogens (tertiary/aromatic N) is 3. The first-order valence-corrected chi connectivity index (χ1v) is 6.53. The standard InChI is InChI=1S/C15H21N3O2/c1-15(2,3)18(14(19)11-17-16)10-9-12-7-5-6-8-13(12)20-4/h5-8,11H,9-10H2,1-4H3/p+1/b14-11-. The second kappa shape index (κ2) is 6.80. The summed E-state index contributed by atoms with van der Waals surface area (Å²) in [5, 5.41) is 18.5. The second-order valence-corrected chi connectivity index (χ2v) is 5.49. The Kier molecular flexibility index (Phi) is 5.39. The smallest absolute Gasteiger partial charge is 0.409 e. The Labute approximate surface area is 120 Å². The molecule has 5 nitrogen and oxygen atoms in total. The SMILES string of the molecule is COc1ccccc1CCN(/C(O)=C/[N+]#N)C(C)(C)C. The summed E-state index contributed by atoms with van der Waals surface area (Å²) in [6.45, 7) is 6.53. The van der Waals surface area contributed by atoms with Gasteiger partial charge in [-0.25, -0.2) is 0 Å². The van der Waals surface area contributed by atoms with Gasteiger partial charge < -0.3 is 14.7 Å². The Balaban J connectivity index is 2.88. The first kappa shape index (κ1) is 15.8. The predicted molar refractivity (Wildman–Crippen MR) is 79.0 cm³/mol. The highest BCUT2D eigenvalue weighted by atomic mass is 16.5. The van der Waals surface area contributed by atoms with E-state index in [9.17, 15) is 5.11 Å². The van der Waals surface area contributed by atoms with Crippen LogP contribution < -0.4 is 4.74 Å². The van der Waals surface area contributed by atoms with Gasteiger partial charge in [0.05, 0.1) is 7.11 Å². The molecule has 0 amide bonds. The molecule has 0 spiro atoms. The van der Waals surface area contributed by atoms with E-state index in [1.165, 1.54) is 0 Å². The van der Waals surface area contributed by atoms with Gasteiger partial charge in [0.2, 0.25) is 5.39 Å². The molecule has 0 aliphatic rings. The first-order valence-electron chi connectivity index (χ1n) is 6.53. The van der Waals surface area contributed by atoms with E-state index in [4.69, 9.17) is 10.1 Å². The quantitative estimate of drug-likeness (QED) is 0.660. The number of benzene rings is 1. The highest BCUT2D eigenvalue weighted by Crippen LogP contribution is 2.22. The average molecular weight is 276 g/mol. The number of diazo groups is 1. The predicted octanol–water partition coefficient (Wildman–Crippen LogP) is 3.55.